The number of anilines is 1. The van der Waals surface area contributed by atoms with Crippen LogP contribution in [-0.2, 0) is 14.4 Å². The summed E-state index contributed by atoms with van der Waals surface area (Å²) < 4.78 is 44.5. The first-order chi connectivity index (χ1) is 17.1. The summed E-state index contributed by atoms with van der Waals surface area (Å²) in [6.45, 7) is 1.71. The molecule has 8 nitrogen and oxygen atoms in total. The monoisotopic (exact) mass is 502 g/mol. The van der Waals surface area contributed by atoms with Crippen molar-refractivity contribution in [3.8, 4) is 5.75 Å². The first-order valence-electron chi connectivity index (χ1n) is 11.4. The van der Waals surface area contributed by atoms with Gasteiger partial charge in [-0.25, -0.2) is 4.99 Å². The highest BCUT2D eigenvalue weighted by atomic mass is 19.4. The number of nitrogens with zero attached hydrogens (tertiary/aromatic N) is 2. The average molecular weight is 502 g/mol. The third kappa shape index (κ3) is 5.19. The lowest BCUT2D eigenvalue weighted by atomic mass is 9.88. The standard InChI is InChI=1S/C25H25F3N4O4/c1-14(21(29)33)16(10-11-25(26,27)28)23(34)31-22-24(35)32-12-13-36-18-9-5-8-17(20(18)32)19(30-22)15-6-3-2-4-7-15/h2-9,14,16,22H,10-13H2,1H3,(H2,29,33)(H,31,34)/t14-,16+,22+/m0/s1. The molecule has 0 aliphatic carbocycles. The fourth-order valence-corrected chi connectivity index (χ4v) is 4.38. The van der Waals surface area contributed by atoms with Crippen LogP contribution >= 0.6 is 0 Å². The lowest BCUT2D eigenvalue weighted by Gasteiger charge is -2.31. The van der Waals surface area contributed by atoms with Crippen molar-refractivity contribution in [3.63, 3.8) is 0 Å². The molecule has 0 radical (unpaired) electrons. The van der Waals surface area contributed by atoms with Gasteiger partial charge in [0.1, 0.15) is 12.4 Å². The van der Waals surface area contributed by atoms with E-state index in [0.29, 0.717) is 28.3 Å². The van der Waals surface area contributed by atoms with Crippen LogP contribution in [0.4, 0.5) is 18.9 Å². The van der Waals surface area contributed by atoms with Crippen molar-refractivity contribution in [2.24, 2.45) is 22.6 Å². The molecule has 11 heteroatoms. The predicted octanol–water partition coefficient (Wildman–Crippen LogP) is 2.79. The van der Waals surface area contributed by atoms with E-state index in [4.69, 9.17) is 10.5 Å². The van der Waals surface area contributed by atoms with Crippen LogP contribution < -0.4 is 20.7 Å². The van der Waals surface area contributed by atoms with E-state index in [1.54, 1.807) is 42.5 Å². The Morgan fingerprint density at radius 1 is 1.19 bits per heavy atom. The maximum Gasteiger partial charge on any atom is 0.389 e. The summed E-state index contributed by atoms with van der Waals surface area (Å²) in [5, 5.41) is 2.49. The second-order valence-corrected chi connectivity index (χ2v) is 8.70. The van der Waals surface area contributed by atoms with Crippen molar-refractivity contribution in [3.05, 3.63) is 59.7 Å². The molecule has 0 saturated carbocycles. The van der Waals surface area contributed by atoms with Gasteiger partial charge in [-0.1, -0.05) is 49.4 Å². The van der Waals surface area contributed by atoms with Crippen LogP contribution in [0.2, 0.25) is 0 Å². The lowest BCUT2D eigenvalue weighted by molar-refractivity contribution is -0.146. The fraction of sp³-hybridized carbons (Fsp3) is 0.360. The first kappa shape index (κ1) is 25.2. The van der Waals surface area contributed by atoms with Gasteiger partial charge < -0.3 is 20.7 Å². The van der Waals surface area contributed by atoms with Gasteiger partial charge in [-0.3, -0.25) is 14.4 Å². The number of amides is 3. The molecule has 2 aliphatic rings. The minimum Gasteiger partial charge on any atom is -0.490 e. The Morgan fingerprint density at radius 2 is 1.92 bits per heavy atom. The molecule has 0 bridgehead atoms. The van der Waals surface area contributed by atoms with Gasteiger partial charge in [0.25, 0.3) is 5.91 Å². The zero-order chi connectivity index (χ0) is 26.0. The number of hydrogen-bond acceptors (Lipinski definition) is 5. The van der Waals surface area contributed by atoms with Gasteiger partial charge in [-0.05, 0) is 12.5 Å². The van der Waals surface area contributed by atoms with Crippen molar-refractivity contribution in [2.75, 3.05) is 18.1 Å². The molecule has 190 valence electrons. The molecule has 0 aromatic heterocycles. The third-order valence-electron chi connectivity index (χ3n) is 6.31. The molecule has 36 heavy (non-hydrogen) atoms. The highest BCUT2D eigenvalue weighted by Gasteiger charge is 2.40. The molecule has 2 aliphatic heterocycles. The smallest absolute Gasteiger partial charge is 0.389 e. The van der Waals surface area contributed by atoms with Crippen molar-refractivity contribution in [1.82, 2.24) is 5.32 Å². The predicted molar refractivity (Wildman–Crippen MR) is 125 cm³/mol. The zero-order valence-electron chi connectivity index (χ0n) is 19.4. The first-order valence-corrected chi connectivity index (χ1v) is 11.4. The van der Waals surface area contributed by atoms with Crippen molar-refractivity contribution < 1.29 is 32.3 Å². The van der Waals surface area contributed by atoms with E-state index in [2.05, 4.69) is 10.3 Å². The molecular formula is C25H25F3N4O4. The van der Waals surface area contributed by atoms with E-state index in [-0.39, 0.29) is 13.2 Å². The number of benzene rings is 2. The average Bonchev–Trinajstić information content (AvgIpc) is 2.96. The Balaban J connectivity index is 1.73. The number of primary amides is 1. The SMILES string of the molecule is C[C@H](C(N)=O)[C@@H](CCC(F)(F)F)C(=O)N[C@H]1N=C(c2ccccc2)c2cccc3c2N(CCO3)C1=O. The minimum absolute atomic E-state index is 0.196. The number of ether oxygens (including phenoxy) is 1. The van der Waals surface area contributed by atoms with Crippen LogP contribution in [0.5, 0.6) is 5.75 Å². The van der Waals surface area contributed by atoms with Gasteiger partial charge in [-0.15, -0.1) is 0 Å². The number of nitrogens with two attached hydrogens (primary N) is 1. The molecule has 2 aromatic carbocycles. The van der Waals surface area contributed by atoms with Gasteiger partial charge in [-0.2, -0.15) is 13.2 Å². The Labute approximate surface area is 205 Å². The molecule has 4 rings (SSSR count). The second kappa shape index (κ2) is 10.00. The van der Waals surface area contributed by atoms with E-state index in [1.165, 1.54) is 11.8 Å². The molecule has 0 unspecified atom stereocenters. The van der Waals surface area contributed by atoms with Gasteiger partial charge in [0, 0.05) is 29.4 Å². The number of aliphatic imine (C=N–C) groups is 1. The summed E-state index contributed by atoms with van der Waals surface area (Å²) in [6, 6.07) is 14.3. The van der Waals surface area contributed by atoms with E-state index in [1.807, 2.05) is 6.07 Å². The van der Waals surface area contributed by atoms with E-state index >= 15 is 0 Å². The summed E-state index contributed by atoms with van der Waals surface area (Å²) in [5.41, 5.74) is 7.51. The lowest BCUT2D eigenvalue weighted by Crippen LogP contribution is -2.52. The number of nitrogens with one attached hydrogen (secondary N) is 1. The molecule has 0 saturated heterocycles. The quantitative estimate of drug-likeness (QED) is 0.606. The van der Waals surface area contributed by atoms with Crippen molar-refractivity contribution in [1.29, 1.82) is 0 Å². The van der Waals surface area contributed by atoms with Crippen LogP contribution in [0.15, 0.2) is 53.5 Å². The van der Waals surface area contributed by atoms with Gasteiger partial charge in [0.05, 0.1) is 17.9 Å². The van der Waals surface area contributed by atoms with Crippen LogP contribution in [0.1, 0.15) is 30.9 Å². The highest BCUT2D eigenvalue weighted by molar-refractivity contribution is 6.21. The Morgan fingerprint density at radius 3 is 2.58 bits per heavy atom. The van der Waals surface area contributed by atoms with Crippen molar-refractivity contribution in [2.45, 2.75) is 32.1 Å². The molecule has 0 spiro atoms. The second-order valence-electron chi connectivity index (χ2n) is 8.70. The van der Waals surface area contributed by atoms with Crippen LogP contribution in [-0.4, -0.2) is 48.9 Å². The normalized spacial score (nSPS) is 18.8. The number of carbonyl (C=O) groups excluding carboxylic acids is 3. The number of hydrogen-bond donors (Lipinski definition) is 2. The molecule has 3 amide bonds. The summed E-state index contributed by atoms with van der Waals surface area (Å²) >= 11 is 0. The highest BCUT2D eigenvalue weighted by Crippen LogP contribution is 2.38. The molecule has 3 atom stereocenters. The number of halogens is 3. The van der Waals surface area contributed by atoms with E-state index in [9.17, 15) is 27.6 Å². The topological polar surface area (TPSA) is 114 Å². The summed E-state index contributed by atoms with van der Waals surface area (Å²) in [6.07, 6.45) is -7.90. The number of para-hydroxylation sites is 1. The van der Waals surface area contributed by atoms with Gasteiger partial charge in [0.15, 0.2) is 0 Å². The molecular weight excluding hydrogens is 477 g/mol. The Kier molecular flexibility index (Phi) is 7.00. The number of carbonyl (C=O) groups is 3. The van der Waals surface area contributed by atoms with Crippen molar-refractivity contribution >= 4 is 29.1 Å². The fourth-order valence-electron chi connectivity index (χ4n) is 4.38. The van der Waals surface area contributed by atoms with Gasteiger partial charge in [0.2, 0.25) is 18.0 Å². The largest absolute Gasteiger partial charge is 0.490 e. The summed E-state index contributed by atoms with van der Waals surface area (Å²) in [4.78, 5) is 44.5. The van der Waals surface area contributed by atoms with Crippen LogP contribution in [0.25, 0.3) is 0 Å². The molecule has 2 heterocycles. The Hall–Kier alpha value is -3.89. The van der Waals surface area contributed by atoms with Crippen LogP contribution in [0.3, 0.4) is 0 Å². The molecule has 2 aromatic rings. The Bertz CT molecular complexity index is 1200. The molecule has 0 fully saturated rings. The number of rotatable bonds is 7. The van der Waals surface area contributed by atoms with E-state index < -0.39 is 54.7 Å². The zero-order valence-corrected chi connectivity index (χ0v) is 19.4. The summed E-state index contributed by atoms with van der Waals surface area (Å²) in [7, 11) is 0. The van der Waals surface area contributed by atoms with Gasteiger partial charge >= 0.3 is 6.18 Å². The maximum atomic E-state index is 13.6. The molecule has 3 N–H and O–H groups in total. The maximum absolute atomic E-state index is 13.6. The summed E-state index contributed by atoms with van der Waals surface area (Å²) in [5.74, 6) is -4.47. The van der Waals surface area contributed by atoms with Crippen LogP contribution in [0, 0.1) is 11.8 Å². The van der Waals surface area contributed by atoms with E-state index in [0.717, 1.165) is 0 Å². The number of alkyl halides is 3. The third-order valence-corrected chi connectivity index (χ3v) is 6.31. The minimum atomic E-state index is -4.53.